The Morgan fingerprint density at radius 1 is 1.47 bits per heavy atom. The highest BCUT2D eigenvalue weighted by Gasteiger charge is 2.37. The van der Waals surface area contributed by atoms with Crippen molar-refractivity contribution in [2.75, 3.05) is 6.61 Å². The Morgan fingerprint density at radius 3 is 3.20 bits per heavy atom. The molecular weight excluding hydrogens is 258 g/mol. The molecular formula is C11H10BrNO2. The predicted molar refractivity (Wildman–Crippen MR) is 58.5 cm³/mol. The van der Waals surface area contributed by atoms with Crippen LogP contribution < -0.4 is 5.32 Å². The molecule has 0 saturated carbocycles. The zero-order chi connectivity index (χ0) is 10.4. The van der Waals surface area contributed by atoms with Gasteiger partial charge in [0, 0.05) is 10.9 Å². The Hall–Kier alpha value is -0.870. The van der Waals surface area contributed by atoms with E-state index in [9.17, 15) is 4.79 Å². The van der Waals surface area contributed by atoms with E-state index in [-0.39, 0.29) is 24.7 Å². The number of morpholine rings is 1. The molecule has 1 aromatic rings. The number of fused-ring (bicyclic) bond motifs is 3. The van der Waals surface area contributed by atoms with Gasteiger partial charge >= 0.3 is 0 Å². The topological polar surface area (TPSA) is 38.3 Å². The lowest BCUT2D eigenvalue weighted by Crippen LogP contribution is -2.43. The number of carbonyl (C=O) groups is 1. The summed E-state index contributed by atoms with van der Waals surface area (Å²) < 4.78 is 6.55. The lowest BCUT2D eigenvalue weighted by Gasteiger charge is -2.27. The lowest BCUT2D eigenvalue weighted by atomic mass is 10.1. The van der Waals surface area contributed by atoms with Crippen LogP contribution >= 0.6 is 15.9 Å². The van der Waals surface area contributed by atoms with Crippen LogP contribution in [0.4, 0.5) is 0 Å². The fourth-order valence-electron chi connectivity index (χ4n) is 2.30. The number of carbonyl (C=O) groups excluding carboxylic acids is 1. The zero-order valence-electron chi connectivity index (χ0n) is 8.00. The molecule has 1 amide bonds. The molecule has 1 aliphatic carbocycles. The van der Waals surface area contributed by atoms with E-state index in [1.54, 1.807) is 0 Å². The van der Waals surface area contributed by atoms with E-state index < -0.39 is 0 Å². The van der Waals surface area contributed by atoms with Crippen LogP contribution in [0.2, 0.25) is 0 Å². The predicted octanol–water partition coefficient (Wildman–Crippen LogP) is 1.56. The third kappa shape index (κ3) is 1.48. The number of rotatable bonds is 0. The van der Waals surface area contributed by atoms with E-state index in [2.05, 4.69) is 33.4 Å². The maximum absolute atomic E-state index is 11.3. The highest BCUT2D eigenvalue weighted by molar-refractivity contribution is 9.10. The number of amides is 1. The normalized spacial score (nSPS) is 28.2. The first kappa shape index (κ1) is 9.36. The second-order valence-corrected chi connectivity index (χ2v) is 4.86. The van der Waals surface area contributed by atoms with Gasteiger partial charge in [-0.2, -0.15) is 0 Å². The van der Waals surface area contributed by atoms with Gasteiger partial charge in [-0.15, -0.1) is 0 Å². The fraction of sp³-hybridized carbons (Fsp3) is 0.364. The Balaban J connectivity index is 2.02. The van der Waals surface area contributed by atoms with E-state index in [0.717, 1.165) is 10.9 Å². The molecule has 1 heterocycles. The van der Waals surface area contributed by atoms with E-state index >= 15 is 0 Å². The van der Waals surface area contributed by atoms with Crippen molar-refractivity contribution in [3.8, 4) is 0 Å². The average Bonchev–Trinajstić information content (AvgIpc) is 2.56. The molecule has 0 aromatic heterocycles. The number of nitrogens with one attached hydrogen (secondary N) is 1. The van der Waals surface area contributed by atoms with Gasteiger partial charge in [-0.3, -0.25) is 4.79 Å². The second kappa shape index (κ2) is 3.32. The zero-order valence-corrected chi connectivity index (χ0v) is 9.58. The van der Waals surface area contributed by atoms with Crippen LogP contribution in [0.3, 0.4) is 0 Å². The van der Waals surface area contributed by atoms with Crippen molar-refractivity contribution in [1.82, 2.24) is 5.32 Å². The van der Waals surface area contributed by atoms with Gasteiger partial charge < -0.3 is 10.1 Å². The van der Waals surface area contributed by atoms with Gasteiger partial charge in [0.15, 0.2) is 0 Å². The van der Waals surface area contributed by atoms with Crippen LogP contribution in [0.15, 0.2) is 22.7 Å². The summed E-state index contributed by atoms with van der Waals surface area (Å²) in [5, 5.41) is 2.98. The molecule has 15 heavy (non-hydrogen) atoms. The van der Waals surface area contributed by atoms with E-state index in [1.807, 2.05) is 6.07 Å². The molecule has 2 atom stereocenters. The van der Waals surface area contributed by atoms with Crippen LogP contribution in [-0.2, 0) is 16.0 Å². The van der Waals surface area contributed by atoms with Crippen molar-refractivity contribution in [2.45, 2.75) is 18.6 Å². The van der Waals surface area contributed by atoms with E-state index in [4.69, 9.17) is 4.74 Å². The number of hydrogen-bond donors (Lipinski definition) is 1. The minimum atomic E-state index is -0.0240. The maximum atomic E-state index is 11.3. The monoisotopic (exact) mass is 267 g/mol. The summed E-state index contributed by atoms with van der Waals surface area (Å²) >= 11 is 3.44. The summed E-state index contributed by atoms with van der Waals surface area (Å²) in [6.07, 6.45) is 1.01. The van der Waals surface area contributed by atoms with Crippen molar-refractivity contribution in [3.63, 3.8) is 0 Å². The molecule has 1 aliphatic heterocycles. The van der Waals surface area contributed by atoms with Crippen molar-refractivity contribution in [1.29, 1.82) is 0 Å². The SMILES string of the molecule is O=C1CO[C@H]2Cc3ccc(Br)cc3[C@H]2N1. The first-order valence-electron chi connectivity index (χ1n) is 4.93. The molecule has 1 N–H and O–H groups in total. The number of halogens is 1. The first-order chi connectivity index (χ1) is 7.24. The Kier molecular flexibility index (Phi) is 2.07. The van der Waals surface area contributed by atoms with Crippen molar-refractivity contribution in [3.05, 3.63) is 33.8 Å². The number of benzene rings is 1. The Bertz CT molecular complexity index is 433. The standard InChI is InChI=1S/C11H10BrNO2/c12-7-2-1-6-3-9-11(8(6)4-7)13-10(14)5-15-9/h1-2,4,9,11H,3,5H2,(H,13,14)/t9-,11+/m0/s1. The van der Waals surface area contributed by atoms with Crippen molar-refractivity contribution < 1.29 is 9.53 Å². The van der Waals surface area contributed by atoms with Gasteiger partial charge in [0.2, 0.25) is 5.91 Å². The van der Waals surface area contributed by atoms with Gasteiger partial charge in [-0.1, -0.05) is 22.0 Å². The fourth-order valence-corrected chi connectivity index (χ4v) is 2.68. The van der Waals surface area contributed by atoms with Gasteiger partial charge in [0.25, 0.3) is 0 Å². The average molecular weight is 268 g/mol. The van der Waals surface area contributed by atoms with Crippen molar-refractivity contribution >= 4 is 21.8 Å². The molecule has 3 rings (SSSR count). The van der Waals surface area contributed by atoms with Gasteiger partial charge in [-0.25, -0.2) is 0 Å². The van der Waals surface area contributed by atoms with Crippen LogP contribution in [0.1, 0.15) is 17.2 Å². The summed E-state index contributed by atoms with van der Waals surface area (Å²) in [5.41, 5.74) is 2.46. The molecule has 78 valence electrons. The third-order valence-electron chi connectivity index (χ3n) is 2.98. The van der Waals surface area contributed by atoms with Gasteiger partial charge in [0.1, 0.15) is 6.61 Å². The molecule has 4 heteroatoms. The molecule has 0 spiro atoms. The molecule has 1 aromatic carbocycles. The molecule has 3 nitrogen and oxygen atoms in total. The maximum Gasteiger partial charge on any atom is 0.246 e. The van der Waals surface area contributed by atoms with E-state index in [0.29, 0.717) is 0 Å². The molecule has 0 unspecified atom stereocenters. The van der Waals surface area contributed by atoms with E-state index in [1.165, 1.54) is 11.1 Å². The van der Waals surface area contributed by atoms with Gasteiger partial charge in [-0.05, 0) is 23.3 Å². The lowest BCUT2D eigenvalue weighted by molar-refractivity contribution is -0.136. The number of hydrogen-bond acceptors (Lipinski definition) is 2. The summed E-state index contributed by atoms with van der Waals surface area (Å²) in [5.74, 6) is -0.0240. The summed E-state index contributed by atoms with van der Waals surface area (Å²) in [4.78, 5) is 11.3. The van der Waals surface area contributed by atoms with Crippen LogP contribution in [0.5, 0.6) is 0 Å². The Labute approximate surface area is 95.9 Å². The van der Waals surface area contributed by atoms with Crippen molar-refractivity contribution in [2.24, 2.45) is 0 Å². The summed E-state index contributed by atoms with van der Waals surface area (Å²) in [6.45, 7) is 0.191. The third-order valence-corrected chi connectivity index (χ3v) is 3.47. The number of ether oxygens (including phenoxy) is 1. The molecule has 0 bridgehead atoms. The molecule has 1 saturated heterocycles. The molecule has 2 aliphatic rings. The molecule has 0 radical (unpaired) electrons. The minimum absolute atomic E-state index is 0.0240. The second-order valence-electron chi connectivity index (χ2n) is 3.94. The highest BCUT2D eigenvalue weighted by Crippen LogP contribution is 2.36. The minimum Gasteiger partial charge on any atom is -0.366 e. The highest BCUT2D eigenvalue weighted by atomic mass is 79.9. The summed E-state index contributed by atoms with van der Waals surface area (Å²) in [7, 11) is 0. The quantitative estimate of drug-likeness (QED) is 0.775. The first-order valence-corrected chi connectivity index (χ1v) is 5.72. The van der Waals surface area contributed by atoms with Crippen LogP contribution in [-0.4, -0.2) is 18.6 Å². The van der Waals surface area contributed by atoms with Crippen LogP contribution in [0.25, 0.3) is 0 Å². The molecule has 1 fully saturated rings. The Morgan fingerprint density at radius 2 is 2.33 bits per heavy atom. The summed E-state index contributed by atoms with van der Waals surface area (Å²) in [6, 6.07) is 6.22. The van der Waals surface area contributed by atoms with Crippen LogP contribution in [0, 0.1) is 0 Å². The van der Waals surface area contributed by atoms with Gasteiger partial charge in [0.05, 0.1) is 12.1 Å². The largest absolute Gasteiger partial charge is 0.366 e. The smallest absolute Gasteiger partial charge is 0.246 e.